The lowest BCUT2D eigenvalue weighted by molar-refractivity contribution is 0.128. The van der Waals surface area contributed by atoms with E-state index in [0.29, 0.717) is 11.8 Å². The summed E-state index contributed by atoms with van der Waals surface area (Å²) in [6.07, 6.45) is 3.74. The smallest absolute Gasteiger partial charge is 0.225 e. The van der Waals surface area contributed by atoms with Crippen LogP contribution in [-0.2, 0) is 0 Å². The van der Waals surface area contributed by atoms with Gasteiger partial charge < -0.3 is 15.1 Å². The molecule has 2 aromatic rings. The summed E-state index contributed by atoms with van der Waals surface area (Å²) >= 11 is 0. The fourth-order valence-corrected chi connectivity index (χ4v) is 4.11. The fraction of sp³-hybridized carbons (Fsp3) is 0.692. The van der Waals surface area contributed by atoms with Crippen LogP contribution in [0.25, 0.3) is 0 Å². The number of hydrogen-bond donors (Lipinski definition) is 1. The van der Waals surface area contributed by atoms with E-state index in [4.69, 9.17) is 0 Å². The van der Waals surface area contributed by atoms with Gasteiger partial charge in [0.1, 0.15) is 0 Å². The van der Waals surface area contributed by atoms with Gasteiger partial charge in [0, 0.05) is 81.7 Å². The molecule has 2 aliphatic heterocycles. The third kappa shape index (κ3) is 7.34. The molecule has 2 aromatic heterocycles. The van der Waals surface area contributed by atoms with Crippen molar-refractivity contribution in [3.05, 3.63) is 35.9 Å². The lowest BCUT2D eigenvalue weighted by atomic mass is 10.1. The summed E-state index contributed by atoms with van der Waals surface area (Å²) in [6.45, 7) is 23.7. The van der Waals surface area contributed by atoms with Gasteiger partial charge in [0.25, 0.3) is 0 Å². The highest BCUT2D eigenvalue weighted by atomic mass is 15.3. The molecule has 4 rings (SSSR count). The van der Waals surface area contributed by atoms with Gasteiger partial charge in [-0.1, -0.05) is 27.7 Å². The topological polar surface area (TPSA) is 73.3 Å². The Hall–Kier alpha value is -2.32. The van der Waals surface area contributed by atoms with Gasteiger partial charge >= 0.3 is 0 Å². The third-order valence-corrected chi connectivity index (χ3v) is 6.42. The molecule has 34 heavy (non-hydrogen) atoms. The summed E-state index contributed by atoms with van der Waals surface area (Å²) in [5.74, 6) is 2.69. The molecule has 0 unspecified atom stereocenters. The average Bonchev–Trinajstić information content (AvgIpc) is 2.85. The Morgan fingerprint density at radius 1 is 0.706 bits per heavy atom. The van der Waals surface area contributed by atoms with E-state index in [0.717, 1.165) is 75.6 Å². The molecule has 0 aromatic carbocycles. The average molecular weight is 469 g/mol. The second-order valence-electron chi connectivity index (χ2n) is 10.8. The summed E-state index contributed by atoms with van der Waals surface area (Å²) in [6, 6.07) is 4.01. The summed E-state index contributed by atoms with van der Waals surface area (Å²) in [4.78, 5) is 25.1. The largest absolute Gasteiger partial charge is 0.338 e. The van der Waals surface area contributed by atoms with E-state index in [2.05, 4.69) is 88.4 Å². The van der Waals surface area contributed by atoms with E-state index >= 15 is 0 Å². The molecular weight excluding hydrogens is 424 g/mol. The molecule has 0 spiro atoms. The number of rotatable bonds is 4. The maximum Gasteiger partial charge on any atom is 0.225 e. The number of nitrogens with zero attached hydrogens (tertiary/aromatic N) is 7. The Morgan fingerprint density at radius 3 is 1.56 bits per heavy atom. The van der Waals surface area contributed by atoms with E-state index in [1.165, 1.54) is 0 Å². The highest BCUT2D eigenvalue weighted by molar-refractivity contribution is 5.32. The normalized spacial score (nSPS) is 17.7. The van der Waals surface area contributed by atoms with Crippen molar-refractivity contribution in [2.24, 2.45) is 0 Å². The van der Waals surface area contributed by atoms with Crippen LogP contribution in [0.1, 0.15) is 71.7 Å². The molecule has 2 saturated heterocycles. The fourth-order valence-electron chi connectivity index (χ4n) is 4.11. The molecule has 0 atom stereocenters. The van der Waals surface area contributed by atoms with Crippen LogP contribution in [0.3, 0.4) is 0 Å². The molecule has 1 N–H and O–H groups in total. The maximum atomic E-state index is 4.68. The van der Waals surface area contributed by atoms with Crippen LogP contribution < -0.4 is 15.1 Å². The van der Waals surface area contributed by atoms with Gasteiger partial charge in [-0.25, -0.2) is 19.9 Å². The lowest BCUT2D eigenvalue weighted by Crippen LogP contribution is -2.53. The van der Waals surface area contributed by atoms with E-state index < -0.39 is 0 Å². The van der Waals surface area contributed by atoms with Gasteiger partial charge in [0.05, 0.1) is 0 Å². The zero-order valence-corrected chi connectivity index (χ0v) is 22.3. The minimum atomic E-state index is 0.257. The number of anilines is 2. The maximum absolute atomic E-state index is 4.68. The van der Waals surface area contributed by atoms with Crippen molar-refractivity contribution in [3.8, 4) is 0 Å². The van der Waals surface area contributed by atoms with Gasteiger partial charge in [-0.15, -0.1) is 0 Å². The molecule has 0 saturated carbocycles. The van der Waals surface area contributed by atoms with E-state index in [1.54, 1.807) is 0 Å². The number of nitrogens with one attached hydrogen (secondary N) is 1. The monoisotopic (exact) mass is 468 g/mol. The highest BCUT2D eigenvalue weighted by Gasteiger charge is 2.26. The molecule has 8 heteroatoms. The lowest BCUT2D eigenvalue weighted by Gasteiger charge is -2.42. The van der Waals surface area contributed by atoms with Crippen molar-refractivity contribution in [2.45, 2.75) is 65.8 Å². The molecule has 2 aliphatic rings. The first-order valence-corrected chi connectivity index (χ1v) is 12.8. The van der Waals surface area contributed by atoms with Crippen molar-refractivity contribution in [1.82, 2.24) is 30.2 Å². The molecule has 0 radical (unpaired) electrons. The van der Waals surface area contributed by atoms with Crippen molar-refractivity contribution < 1.29 is 0 Å². The quantitative estimate of drug-likeness (QED) is 0.731. The predicted octanol–water partition coefficient (Wildman–Crippen LogP) is 3.53. The first-order chi connectivity index (χ1) is 16.1. The SMILES string of the molecule is CC(C)c1ccnc(N2CCN(C(C)(C)C)CC2)n1.CC(C)c1ccnc(N2CCNCC2)n1. The molecule has 0 amide bonds. The Kier molecular flexibility index (Phi) is 9.19. The molecule has 2 fully saturated rings. The van der Waals surface area contributed by atoms with Crippen molar-refractivity contribution in [1.29, 1.82) is 0 Å². The highest BCUT2D eigenvalue weighted by Crippen LogP contribution is 2.20. The molecular formula is C26H44N8. The van der Waals surface area contributed by atoms with Crippen LogP contribution >= 0.6 is 0 Å². The minimum absolute atomic E-state index is 0.257. The molecule has 188 valence electrons. The number of aromatic nitrogens is 4. The van der Waals surface area contributed by atoms with E-state index in [-0.39, 0.29) is 5.54 Å². The summed E-state index contributed by atoms with van der Waals surface area (Å²) in [5.41, 5.74) is 2.51. The predicted molar refractivity (Wildman–Crippen MR) is 141 cm³/mol. The van der Waals surface area contributed by atoms with Gasteiger partial charge in [0.15, 0.2) is 0 Å². The van der Waals surface area contributed by atoms with Gasteiger partial charge in [-0.2, -0.15) is 0 Å². The zero-order chi connectivity index (χ0) is 24.7. The molecule has 0 aliphatic carbocycles. The molecule has 0 bridgehead atoms. The Bertz CT molecular complexity index is 878. The van der Waals surface area contributed by atoms with E-state index in [1.807, 2.05) is 24.5 Å². The van der Waals surface area contributed by atoms with Crippen LogP contribution in [-0.4, -0.2) is 82.7 Å². The Balaban J connectivity index is 0.000000196. The van der Waals surface area contributed by atoms with Crippen molar-refractivity contribution in [3.63, 3.8) is 0 Å². The Labute approximate surface area is 206 Å². The second kappa shape index (κ2) is 11.9. The van der Waals surface area contributed by atoms with E-state index in [9.17, 15) is 0 Å². The zero-order valence-electron chi connectivity index (χ0n) is 22.3. The number of hydrogen-bond acceptors (Lipinski definition) is 8. The van der Waals surface area contributed by atoms with Crippen LogP contribution in [0.2, 0.25) is 0 Å². The van der Waals surface area contributed by atoms with Crippen LogP contribution in [0.4, 0.5) is 11.9 Å². The minimum Gasteiger partial charge on any atom is -0.338 e. The molecule has 8 nitrogen and oxygen atoms in total. The van der Waals surface area contributed by atoms with Gasteiger partial charge in [0.2, 0.25) is 11.9 Å². The Morgan fingerprint density at radius 2 is 1.15 bits per heavy atom. The summed E-state index contributed by atoms with van der Waals surface area (Å²) in [5, 5.41) is 3.32. The standard InChI is InChI=1S/C15H26N4.C11H18N4/c1-12(2)13-6-7-16-14(17-13)18-8-10-19(11-9-18)15(3,4)5;1-9(2)10-3-4-13-11(14-10)15-7-5-12-6-8-15/h6-7,12H,8-11H2,1-5H3;3-4,9,12H,5-8H2,1-2H3. The second-order valence-corrected chi connectivity index (χ2v) is 10.8. The van der Waals surface area contributed by atoms with Gasteiger partial charge in [-0.05, 0) is 44.7 Å². The van der Waals surface area contributed by atoms with Crippen LogP contribution in [0.15, 0.2) is 24.5 Å². The van der Waals surface area contributed by atoms with Crippen molar-refractivity contribution in [2.75, 3.05) is 62.2 Å². The summed E-state index contributed by atoms with van der Waals surface area (Å²) in [7, 11) is 0. The summed E-state index contributed by atoms with van der Waals surface area (Å²) < 4.78 is 0. The third-order valence-electron chi connectivity index (χ3n) is 6.42. The first kappa shape index (κ1) is 26.3. The van der Waals surface area contributed by atoms with Crippen molar-refractivity contribution >= 4 is 11.9 Å². The van der Waals surface area contributed by atoms with Gasteiger partial charge in [-0.3, -0.25) is 4.90 Å². The number of piperazine rings is 2. The first-order valence-electron chi connectivity index (χ1n) is 12.8. The van der Waals surface area contributed by atoms with Crippen LogP contribution in [0, 0.1) is 0 Å². The van der Waals surface area contributed by atoms with Crippen LogP contribution in [0.5, 0.6) is 0 Å². The molecule has 4 heterocycles.